The van der Waals surface area contributed by atoms with Crippen LogP contribution >= 0.6 is 15.9 Å². The largest absolute Gasteiger partial charge is 0.367 e. The highest BCUT2D eigenvalue weighted by molar-refractivity contribution is 9.10. The highest BCUT2D eigenvalue weighted by Crippen LogP contribution is 2.42. The molecule has 0 radical (unpaired) electrons. The van der Waals surface area contributed by atoms with Gasteiger partial charge in [0.15, 0.2) is 0 Å². The zero-order valence-corrected chi connectivity index (χ0v) is 14.1. The summed E-state index contributed by atoms with van der Waals surface area (Å²) in [6.07, 6.45) is 4.10. The summed E-state index contributed by atoms with van der Waals surface area (Å²) in [6.45, 7) is 6.91. The number of hydrogen-bond acceptors (Lipinski definition) is 2. The van der Waals surface area contributed by atoms with Gasteiger partial charge >= 0.3 is 0 Å². The lowest BCUT2D eigenvalue weighted by atomic mass is 9.67. The summed E-state index contributed by atoms with van der Waals surface area (Å²) in [5.74, 6) is 0.716. The third-order valence-corrected chi connectivity index (χ3v) is 4.98. The van der Waals surface area contributed by atoms with Crippen molar-refractivity contribution >= 4 is 21.6 Å². The predicted octanol–water partition coefficient (Wildman–Crippen LogP) is 5.36. The van der Waals surface area contributed by atoms with Gasteiger partial charge in [-0.25, -0.2) is 0 Å². The average Bonchev–Trinajstić information content (AvgIpc) is 2.38. The molecule has 1 saturated carbocycles. The molecule has 1 aromatic carbocycles. The molecular formula is C17H23BrN2. The summed E-state index contributed by atoms with van der Waals surface area (Å²) in [4.78, 5) is 0. The molecule has 0 atom stereocenters. The molecule has 0 unspecified atom stereocenters. The van der Waals surface area contributed by atoms with Crippen LogP contribution in [0.3, 0.4) is 0 Å². The number of hydrogen-bond donors (Lipinski definition) is 1. The number of benzene rings is 1. The van der Waals surface area contributed by atoms with Gasteiger partial charge in [-0.3, -0.25) is 0 Å². The Hall–Kier alpha value is -1.01. The molecule has 108 valence electrons. The molecule has 0 spiro atoms. The van der Waals surface area contributed by atoms with E-state index in [0.717, 1.165) is 35.8 Å². The summed E-state index contributed by atoms with van der Waals surface area (Å²) >= 11 is 3.48. The highest BCUT2D eigenvalue weighted by Gasteiger charge is 2.38. The highest BCUT2D eigenvalue weighted by atomic mass is 79.9. The molecule has 0 aliphatic heterocycles. The molecule has 0 amide bonds. The Bertz CT molecular complexity index is 502. The van der Waals surface area contributed by atoms with E-state index in [1.807, 2.05) is 24.3 Å². The van der Waals surface area contributed by atoms with Crippen molar-refractivity contribution in [2.24, 2.45) is 11.3 Å². The number of nitrogens with one attached hydrogen (secondary N) is 1. The molecule has 3 heteroatoms. The third-order valence-electron chi connectivity index (χ3n) is 4.49. The fourth-order valence-corrected chi connectivity index (χ4v) is 3.48. The Labute approximate surface area is 130 Å². The van der Waals surface area contributed by atoms with Gasteiger partial charge in [0, 0.05) is 10.2 Å². The fourth-order valence-electron chi connectivity index (χ4n) is 3.08. The van der Waals surface area contributed by atoms with Crippen LogP contribution in [0.1, 0.15) is 46.5 Å². The fraction of sp³-hybridized carbons (Fsp3) is 0.588. The minimum absolute atomic E-state index is 0.345. The lowest BCUT2D eigenvalue weighted by Gasteiger charge is -2.41. The third kappa shape index (κ3) is 3.55. The molecule has 0 saturated heterocycles. The van der Waals surface area contributed by atoms with Crippen LogP contribution in [0.5, 0.6) is 0 Å². The molecule has 20 heavy (non-hydrogen) atoms. The molecule has 1 N–H and O–H groups in total. The van der Waals surface area contributed by atoms with Crippen LogP contribution in [0.15, 0.2) is 28.7 Å². The van der Waals surface area contributed by atoms with Gasteiger partial charge in [0.2, 0.25) is 0 Å². The van der Waals surface area contributed by atoms with Crippen molar-refractivity contribution in [2.75, 3.05) is 5.32 Å². The maximum atomic E-state index is 9.64. The Morgan fingerprint density at radius 3 is 2.45 bits per heavy atom. The topological polar surface area (TPSA) is 35.8 Å². The maximum absolute atomic E-state index is 9.64. The van der Waals surface area contributed by atoms with Crippen molar-refractivity contribution < 1.29 is 0 Å². The first kappa shape index (κ1) is 15.4. The van der Waals surface area contributed by atoms with Gasteiger partial charge in [-0.1, -0.05) is 42.8 Å². The van der Waals surface area contributed by atoms with Crippen LogP contribution in [-0.4, -0.2) is 5.54 Å². The summed E-state index contributed by atoms with van der Waals surface area (Å²) in [6, 6.07) is 10.6. The minimum Gasteiger partial charge on any atom is -0.367 e. The van der Waals surface area contributed by atoms with E-state index in [9.17, 15) is 5.26 Å². The predicted molar refractivity (Wildman–Crippen MR) is 87.5 cm³/mol. The van der Waals surface area contributed by atoms with Crippen LogP contribution < -0.4 is 5.32 Å². The van der Waals surface area contributed by atoms with E-state index in [1.165, 1.54) is 0 Å². The first-order valence-electron chi connectivity index (χ1n) is 7.30. The monoisotopic (exact) mass is 334 g/mol. The molecule has 1 aromatic rings. The van der Waals surface area contributed by atoms with E-state index in [2.05, 4.69) is 48.1 Å². The lowest BCUT2D eigenvalue weighted by Crippen LogP contribution is -2.42. The standard InChI is InChI=1S/C17H23BrN2/c1-16(2,3)13-7-9-17(12-19,10-8-13)20-15-6-4-5-14(18)11-15/h4-6,11,13,20H,7-10H2,1-3H3. The summed E-state index contributed by atoms with van der Waals surface area (Å²) in [7, 11) is 0. The van der Waals surface area contributed by atoms with Crippen molar-refractivity contribution in [3.63, 3.8) is 0 Å². The summed E-state index contributed by atoms with van der Waals surface area (Å²) < 4.78 is 1.04. The molecule has 1 aliphatic rings. The summed E-state index contributed by atoms with van der Waals surface area (Å²) in [5, 5.41) is 13.1. The van der Waals surface area contributed by atoms with E-state index in [4.69, 9.17) is 0 Å². The molecule has 0 aromatic heterocycles. The van der Waals surface area contributed by atoms with Gasteiger partial charge < -0.3 is 5.32 Å². The molecule has 2 nitrogen and oxygen atoms in total. The van der Waals surface area contributed by atoms with Gasteiger partial charge in [-0.2, -0.15) is 5.26 Å². The molecule has 2 rings (SSSR count). The van der Waals surface area contributed by atoms with E-state index < -0.39 is 5.54 Å². The first-order chi connectivity index (χ1) is 9.35. The summed E-state index contributed by atoms with van der Waals surface area (Å²) in [5.41, 5.74) is 0.968. The second kappa shape index (κ2) is 5.77. The Morgan fingerprint density at radius 1 is 1.30 bits per heavy atom. The Kier molecular flexibility index (Phi) is 4.44. The zero-order chi connectivity index (χ0) is 14.8. The average molecular weight is 335 g/mol. The van der Waals surface area contributed by atoms with Gasteiger partial charge in [0.05, 0.1) is 6.07 Å². The second-order valence-electron chi connectivity index (χ2n) is 6.97. The quantitative estimate of drug-likeness (QED) is 0.790. The molecule has 0 heterocycles. The van der Waals surface area contributed by atoms with Crippen molar-refractivity contribution in [2.45, 2.75) is 52.0 Å². The van der Waals surface area contributed by atoms with Crippen molar-refractivity contribution in [1.29, 1.82) is 5.26 Å². The van der Waals surface area contributed by atoms with Crippen LogP contribution in [0.25, 0.3) is 0 Å². The molecule has 1 fully saturated rings. The van der Waals surface area contributed by atoms with Gasteiger partial charge in [-0.15, -0.1) is 0 Å². The van der Waals surface area contributed by atoms with Crippen LogP contribution in [0.4, 0.5) is 5.69 Å². The van der Waals surface area contributed by atoms with Gasteiger partial charge in [0.25, 0.3) is 0 Å². The van der Waals surface area contributed by atoms with Crippen LogP contribution in [0.2, 0.25) is 0 Å². The molecular weight excluding hydrogens is 312 g/mol. The molecule has 0 bridgehead atoms. The number of anilines is 1. The van der Waals surface area contributed by atoms with Crippen LogP contribution in [0, 0.1) is 22.7 Å². The van der Waals surface area contributed by atoms with E-state index in [0.29, 0.717) is 11.3 Å². The second-order valence-corrected chi connectivity index (χ2v) is 7.89. The number of nitrogens with zero attached hydrogens (tertiary/aromatic N) is 1. The normalized spacial score (nSPS) is 26.9. The minimum atomic E-state index is -0.400. The van der Waals surface area contributed by atoms with E-state index in [-0.39, 0.29) is 0 Å². The number of nitriles is 1. The lowest BCUT2D eigenvalue weighted by molar-refractivity contribution is 0.159. The first-order valence-corrected chi connectivity index (χ1v) is 8.09. The van der Waals surface area contributed by atoms with Crippen molar-refractivity contribution in [1.82, 2.24) is 0 Å². The van der Waals surface area contributed by atoms with Crippen LogP contribution in [-0.2, 0) is 0 Å². The maximum Gasteiger partial charge on any atom is 0.125 e. The van der Waals surface area contributed by atoms with E-state index >= 15 is 0 Å². The smallest absolute Gasteiger partial charge is 0.125 e. The Morgan fingerprint density at radius 2 is 1.95 bits per heavy atom. The van der Waals surface area contributed by atoms with E-state index in [1.54, 1.807) is 0 Å². The van der Waals surface area contributed by atoms with Gasteiger partial charge in [-0.05, 0) is 55.2 Å². The Balaban J connectivity index is 2.08. The van der Waals surface area contributed by atoms with Gasteiger partial charge in [0.1, 0.15) is 5.54 Å². The SMILES string of the molecule is CC(C)(C)C1CCC(C#N)(Nc2cccc(Br)c2)CC1. The molecule has 1 aliphatic carbocycles. The number of halogens is 1. The number of rotatable bonds is 2. The van der Waals surface area contributed by atoms with Crippen molar-refractivity contribution in [3.8, 4) is 6.07 Å². The zero-order valence-electron chi connectivity index (χ0n) is 12.5. The van der Waals surface area contributed by atoms with Crippen molar-refractivity contribution in [3.05, 3.63) is 28.7 Å².